The van der Waals surface area contributed by atoms with E-state index in [2.05, 4.69) is 4.98 Å². The van der Waals surface area contributed by atoms with E-state index in [1.165, 1.54) is 6.26 Å². The minimum absolute atomic E-state index is 0.355. The van der Waals surface area contributed by atoms with Gasteiger partial charge in [-0.05, 0) is 29.8 Å². The van der Waals surface area contributed by atoms with E-state index in [1.54, 1.807) is 12.3 Å². The Kier molecular flexibility index (Phi) is 2.22. The molecular formula is C14H9NO2. The highest BCUT2D eigenvalue weighted by molar-refractivity contribution is 5.89. The summed E-state index contributed by atoms with van der Waals surface area (Å²) < 4.78 is 5.10. The Labute approximate surface area is 97.7 Å². The molecule has 0 aliphatic carbocycles. The third-order valence-corrected chi connectivity index (χ3v) is 2.72. The summed E-state index contributed by atoms with van der Waals surface area (Å²) >= 11 is 0. The van der Waals surface area contributed by atoms with Gasteiger partial charge in [0.2, 0.25) is 0 Å². The molecule has 0 bridgehead atoms. The number of aromatic nitrogens is 1. The van der Waals surface area contributed by atoms with Gasteiger partial charge in [0.15, 0.2) is 12.0 Å². The summed E-state index contributed by atoms with van der Waals surface area (Å²) in [4.78, 5) is 15.1. The van der Waals surface area contributed by atoms with Crippen molar-refractivity contribution in [3.05, 3.63) is 54.6 Å². The van der Waals surface area contributed by atoms with Crippen LogP contribution in [-0.4, -0.2) is 11.3 Å². The number of benzene rings is 1. The van der Waals surface area contributed by atoms with Crippen LogP contribution in [-0.2, 0) is 0 Å². The Morgan fingerprint density at radius 2 is 2.12 bits per heavy atom. The van der Waals surface area contributed by atoms with E-state index >= 15 is 0 Å². The SMILES string of the molecule is O=Cc1occc1-c1ccc2ncccc2c1. The number of pyridine rings is 1. The van der Waals surface area contributed by atoms with Gasteiger partial charge in [0.05, 0.1) is 11.8 Å². The van der Waals surface area contributed by atoms with Crippen molar-refractivity contribution in [2.75, 3.05) is 0 Å². The van der Waals surface area contributed by atoms with Crippen molar-refractivity contribution < 1.29 is 9.21 Å². The standard InChI is InChI=1S/C14H9NO2/c16-9-14-12(5-7-17-14)10-3-4-13-11(8-10)2-1-6-15-13/h1-9H. The van der Waals surface area contributed by atoms with Crippen LogP contribution in [0.4, 0.5) is 0 Å². The zero-order valence-corrected chi connectivity index (χ0v) is 8.96. The molecule has 0 spiro atoms. The second-order valence-corrected chi connectivity index (χ2v) is 3.73. The van der Waals surface area contributed by atoms with E-state index in [9.17, 15) is 4.79 Å². The highest BCUT2D eigenvalue weighted by atomic mass is 16.3. The van der Waals surface area contributed by atoms with Crippen molar-refractivity contribution >= 4 is 17.2 Å². The molecule has 0 N–H and O–H groups in total. The van der Waals surface area contributed by atoms with Crippen LogP contribution in [0.5, 0.6) is 0 Å². The summed E-state index contributed by atoms with van der Waals surface area (Å²) in [5.41, 5.74) is 2.71. The van der Waals surface area contributed by atoms with E-state index < -0.39 is 0 Å². The van der Waals surface area contributed by atoms with Crippen molar-refractivity contribution in [2.45, 2.75) is 0 Å². The Bertz CT molecular complexity index is 685. The summed E-state index contributed by atoms with van der Waals surface area (Å²) in [6, 6.07) is 11.6. The summed E-state index contributed by atoms with van der Waals surface area (Å²) in [7, 11) is 0. The molecule has 0 amide bonds. The van der Waals surface area contributed by atoms with Gasteiger partial charge in [0.25, 0.3) is 0 Å². The van der Waals surface area contributed by atoms with Crippen LogP contribution in [0.25, 0.3) is 22.0 Å². The second kappa shape index (κ2) is 3.87. The largest absolute Gasteiger partial charge is 0.461 e. The van der Waals surface area contributed by atoms with Crippen molar-refractivity contribution in [3.8, 4) is 11.1 Å². The molecule has 0 aliphatic heterocycles. The molecule has 17 heavy (non-hydrogen) atoms. The summed E-state index contributed by atoms with van der Waals surface area (Å²) in [6.45, 7) is 0. The summed E-state index contributed by atoms with van der Waals surface area (Å²) in [5.74, 6) is 0.355. The molecule has 3 aromatic rings. The Balaban J connectivity index is 2.21. The van der Waals surface area contributed by atoms with Gasteiger partial charge < -0.3 is 4.42 Å². The van der Waals surface area contributed by atoms with Gasteiger partial charge in [-0.3, -0.25) is 9.78 Å². The van der Waals surface area contributed by atoms with Crippen LogP contribution in [0.2, 0.25) is 0 Å². The first kappa shape index (κ1) is 9.78. The maximum absolute atomic E-state index is 10.8. The van der Waals surface area contributed by atoms with Gasteiger partial charge >= 0.3 is 0 Å². The number of hydrogen-bond donors (Lipinski definition) is 0. The fraction of sp³-hybridized carbons (Fsp3) is 0. The first-order chi connectivity index (χ1) is 8.38. The summed E-state index contributed by atoms with van der Waals surface area (Å²) in [5, 5.41) is 1.04. The smallest absolute Gasteiger partial charge is 0.185 e. The quantitative estimate of drug-likeness (QED) is 0.626. The highest BCUT2D eigenvalue weighted by Crippen LogP contribution is 2.26. The van der Waals surface area contributed by atoms with E-state index in [-0.39, 0.29) is 0 Å². The Morgan fingerprint density at radius 3 is 3.00 bits per heavy atom. The fourth-order valence-electron chi connectivity index (χ4n) is 1.89. The number of carbonyl (C=O) groups excluding carboxylic acids is 1. The van der Waals surface area contributed by atoms with Crippen molar-refractivity contribution in [1.82, 2.24) is 4.98 Å². The molecule has 0 atom stereocenters. The van der Waals surface area contributed by atoms with Crippen LogP contribution >= 0.6 is 0 Å². The van der Waals surface area contributed by atoms with Gasteiger partial charge in [-0.15, -0.1) is 0 Å². The van der Waals surface area contributed by atoms with Crippen LogP contribution in [0.1, 0.15) is 10.6 Å². The predicted octanol–water partition coefficient (Wildman–Crippen LogP) is 3.31. The van der Waals surface area contributed by atoms with Gasteiger partial charge in [-0.2, -0.15) is 0 Å². The molecule has 3 rings (SSSR count). The van der Waals surface area contributed by atoms with E-state index in [4.69, 9.17) is 4.42 Å². The monoisotopic (exact) mass is 223 g/mol. The average molecular weight is 223 g/mol. The molecule has 2 aromatic heterocycles. The number of aldehydes is 1. The molecule has 0 aliphatic rings. The van der Waals surface area contributed by atoms with Crippen LogP contribution in [0.15, 0.2) is 53.3 Å². The molecular weight excluding hydrogens is 214 g/mol. The Morgan fingerprint density at radius 1 is 1.18 bits per heavy atom. The maximum Gasteiger partial charge on any atom is 0.185 e. The van der Waals surface area contributed by atoms with E-state index in [0.717, 1.165) is 28.3 Å². The molecule has 0 radical (unpaired) electrons. The summed E-state index contributed by atoms with van der Waals surface area (Å²) in [6.07, 6.45) is 4.01. The van der Waals surface area contributed by atoms with Gasteiger partial charge in [0.1, 0.15) is 0 Å². The molecule has 82 valence electrons. The molecule has 3 heteroatoms. The third-order valence-electron chi connectivity index (χ3n) is 2.72. The van der Waals surface area contributed by atoms with E-state index in [1.807, 2.05) is 30.3 Å². The first-order valence-electron chi connectivity index (χ1n) is 5.26. The Hall–Kier alpha value is -2.42. The van der Waals surface area contributed by atoms with Crippen molar-refractivity contribution in [2.24, 2.45) is 0 Å². The number of furan rings is 1. The molecule has 0 unspecified atom stereocenters. The lowest BCUT2D eigenvalue weighted by molar-refractivity contribution is 0.110. The van der Waals surface area contributed by atoms with Gasteiger partial charge in [-0.1, -0.05) is 12.1 Å². The number of hydrogen-bond acceptors (Lipinski definition) is 3. The lowest BCUT2D eigenvalue weighted by atomic mass is 10.0. The number of nitrogens with zero attached hydrogens (tertiary/aromatic N) is 1. The maximum atomic E-state index is 10.8. The molecule has 0 fully saturated rings. The second-order valence-electron chi connectivity index (χ2n) is 3.73. The topological polar surface area (TPSA) is 43.1 Å². The van der Waals surface area contributed by atoms with Crippen LogP contribution in [0.3, 0.4) is 0 Å². The van der Waals surface area contributed by atoms with Crippen LogP contribution in [0, 0.1) is 0 Å². The normalized spacial score (nSPS) is 10.6. The first-order valence-corrected chi connectivity index (χ1v) is 5.26. The molecule has 3 nitrogen and oxygen atoms in total. The van der Waals surface area contributed by atoms with Gasteiger partial charge in [-0.25, -0.2) is 0 Å². The van der Waals surface area contributed by atoms with Crippen molar-refractivity contribution in [3.63, 3.8) is 0 Å². The zero-order valence-electron chi connectivity index (χ0n) is 8.96. The average Bonchev–Trinajstić information content (AvgIpc) is 2.86. The molecule has 0 saturated heterocycles. The number of fused-ring (bicyclic) bond motifs is 1. The zero-order chi connectivity index (χ0) is 11.7. The third kappa shape index (κ3) is 1.61. The number of rotatable bonds is 2. The fourth-order valence-corrected chi connectivity index (χ4v) is 1.89. The minimum atomic E-state index is 0.355. The molecule has 1 aromatic carbocycles. The van der Waals surface area contributed by atoms with Crippen LogP contribution < -0.4 is 0 Å². The van der Waals surface area contributed by atoms with Gasteiger partial charge in [0, 0.05) is 17.1 Å². The van der Waals surface area contributed by atoms with E-state index in [0.29, 0.717) is 5.76 Å². The highest BCUT2D eigenvalue weighted by Gasteiger charge is 2.08. The number of carbonyl (C=O) groups is 1. The minimum Gasteiger partial charge on any atom is -0.461 e. The van der Waals surface area contributed by atoms with Crippen molar-refractivity contribution in [1.29, 1.82) is 0 Å². The lowest BCUT2D eigenvalue weighted by Gasteiger charge is -2.01. The molecule has 2 heterocycles. The molecule has 0 saturated carbocycles. The predicted molar refractivity (Wildman–Crippen MR) is 64.8 cm³/mol. The lowest BCUT2D eigenvalue weighted by Crippen LogP contribution is -1.83.